The molecule has 0 unspecified atom stereocenters. The standard InChI is InChI=1S/C19H23N5O2/c1-14(2)24(8-5-9-25)19(26)15-10-17-18(21-11-15)23(13-22-17)12-16-6-3-4-7-20-16/h3-4,6-7,10-11,13-14,25H,5,8-9,12H2,1-2H3. The van der Waals surface area contributed by atoms with Crippen LogP contribution in [-0.4, -0.2) is 54.6 Å². The van der Waals surface area contributed by atoms with E-state index in [4.69, 9.17) is 5.11 Å². The van der Waals surface area contributed by atoms with Gasteiger partial charge in [0.2, 0.25) is 0 Å². The van der Waals surface area contributed by atoms with Crippen LogP contribution in [0.4, 0.5) is 0 Å². The Kier molecular flexibility index (Phi) is 5.58. The van der Waals surface area contributed by atoms with Crippen LogP contribution in [0.1, 0.15) is 36.3 Å². The number of aliphatic hydroxyl groups is 1. The van der Waals surface area contributed by atoms with Gasteiger partial charge in [-0.3, -0.25) is 9.78 Å². The fourth-order valence-electron chi connectivity index (χ4n) is 2.85. The highest BCUT2D eigenvalue weighted by Crippen LogP contribution is 2.16. The van der Waals surface area contributed by atoms with E-state index >= 15 is 0 Å². The molecular weight excluding hydrogens is 330 g/mol. The van der Waals surface area contributed by atoms with Crippen LogP contribution in [0.3, 0.4) is 0 Å². The van der Waals surface area contributed by atoms with Crippen LogP contribution in [0.25, 0.3) is 11.2 Å². The number of hydrogen-bond donors (Lipinski definition) is 1. The highest BCUT2D eigenvalue weighted by atomic mass is 16.3. The summed E-state index contributed by atoms with van der Waals surface area (Å²) in [6.45, 7) is 5.07. The van der Waals surface area contributed by atoms with Gasteiger partial charge in [-0.05, 0) is 38.5 Å². The minimum absolute atomic E-state index is 0.0476. The second-order valence-electron chi connectivity index (χ2n) is 6.43. The van der Waals surface area contributed by atoms with Gasteiger partial charge in [0.25, 0.3) is 5.91 Å². The Morgan fingerprint density at radius 3 is 2.81 bits per heavy atom. The molecule has 0 saturated heterocycles. The third kappa shape index (κ3) is 3.88. The Labute approximate surface area is 152 Å². The monoisotopic (exact) mass is 353 g/mol. The summed E-state index contributed by atoms with van der Waals surface area (Å²) >= 11 is 0. The third-order valence-electron chi connectivity index (χ3n) is 4.20. The van der Waals surface area contributed by atoms with Crippen molar-refractivity contribution in [3.05, 3.63) is 54.2 Å². The second kappa shape index (κ2) is 8.05. The summed E-state index contributed by atoms with van der Waals surface area (Å²) in [6.07, 6.45) is 5.62. The van der Waals surface area contributed by atoms with Crippen LogP contribution in [0, 0.1) is 0 Å². The number of hydrogen-bond acceptors (Lipinski definition) is 5. The van der Waals surface area contributed by atoms with E-state index in [0.29, 0.717) is 30.6 Å². The molecule has 0 bridgehead atoms. The zero-order chi connectivity index (χ0) is 18.5. The van der Waals surface area contributed by atoms with Crippen molar-refractivity contribution in [3.63, 3.8) is 0 Å². The number of aliphatic hydroxyl groups excluding tert-OH is 1. The lowest BCUT2D eigenvalue weighted by molar-refractivity contribution is 0.0693. The lowest BCUT2D eigenvalue weighted by Gasteiger charge is -2.26. The highest BCUT2D eigenvalue weighted by Gasteiger charge is 2.19. The number of amides is 1. The van der Waals surface area contributed by atoms with Crippen LogP contribution in [-0.2, 0) is 6.54 Å². The van der Waals surface area contributed by atoms with E-state index in [1.54, 1.807) is 29.7 Å². The zero-order valence-corrected chi connectivity index (χ0v) is 15.0. The minimum Gasteiger partial charge on any atom is -0.396 e. The molecule has 0 aliphatic carbocycles. The molecule has 0 fully saturated rings. The van der Waals surface area contributed by atoms with Crippen LogP contribution < -0.4 is 0 Å². The minimum atomic E-state index is -0.0953. The van der Waals surface area contributed by atoms with Crippen molar-refractivity contribution in [2.75, 3.05) is 13.2 Å². The van der Waals surface area contributed by atoms with E-state index in [0.717, 1.165) is 11.3 Å². The van der Waals surface area contributed by atoms with Gasteiger partial charge in [0.15, 0.2) is 5.65 Å². The van der Waals surface area contributed by atoms with E-state index in [2.05, 4.69) is 15.0 Å². The van der Waals surface area contributed by atoms with Crippen molar-refractivity contribution in [1.82, 2.24) is 24.4 Å². The average molecular weight is 353 g/mol. The first-order chi connectivity index (χ1) is 12.6. The van der Waals surface area contributed by atoms with Crippen LogP contribution >= 0.6 is 0 Å². The van der Waals surface area contributed by atoms with Gasteiger partial charge in [-0.25, -0.2) is 9.97 Å². The van der Waals surface area contributed by atoms with Crippen molar-refractivity contribution in [2.45, 2.75) is 32.9 Å². The summed E-state index contributed by atoms with van der Waals surface area (Å²) in [5.41, 5.74) is 2.83. The fraction of sp³-hybridized carbons (Fsp3) is 0.368. The van der Waals surface area contributed by atoms with Crippen molar-refractivity contribution >= 4 is 17.1 Å². The topological polar surface area (TPSA) is 84.1 Å². The summed E-state index contributed by atoms with van der Waals surface area (Å²) in [6, 6.07) is 7.59. The average Bonchev–Trinajstić information content (AvgIpc) is 3.04. The van der Waals surface area contributed by atoms with Gasteiger partial charge in [0.05, 0.1) is 24.1 Å². The molecule has 7 heteroatoms. The second-order valence-corrected chi connectivity index (χ2v) is 6.43. The van der Waals surface area contributed by atoms with E-state index < -0.39 is 0 Å². The molecule has 1 N–H and O–H groups in total. The van der Waals surface area contributed by atoms with Crippen molar-refractivity contribution in [1.29, 1.82) is 0 Å². The lowest BCUT2D eigenvalue weighted by Crippen LogP contribution is -2.38. The van der Waals surface area contributed by atoms with E-state index in [1.807, 2.05) is 36.6 Å². The SMILES string of the molecule is CC(C)N(CCCO)C(=O)c1cnc2c(c1)ncn2Cc1ccccn1. The maximum Gasteiger partial charge on any atom is 0.255 e. The molecule has 7 nitrogen and oxygen atoms in total. The normalized spacial score (nSPS) is 11.2. The van der Waals surface area contributed by atoms with Crippen molar-refractivity contribution in [2.24, 2.45) is 0 Å². The van der Waals surface area contributed by atoms with Crippen LogP contribution in [0.2, 0.25) is 0 Å². The maximum absolute atomic E-state index is 12.8. The Balaban J connectivity index is 1.84. The predicted molar refractivity (Wildman–Crippen MR) is 98.7 cm³/mol. The number of aromatic nitrogens is 4. The molecular formula is C19H23N5O2. The molecule has 26 heavy (non-hydrogen) atoms. The summed E-state index contributed by atoms with van der Waals surface area (Å²) in [4.78, 5) is 27.7. The summed E-state index contributed by atoms with van der Waals surface area (Å²) in [7, 11) is 0. The molecule has 0 spiro atoms. The Bertz CT molecular complexity index is 876. The molecule has 136 valence electrons. The maximum atomic E-state index is 12.8. The van der Waals surface area contributed by atoms with Gasteiger partial charge in [-0.2, -0.15) is 0 Å². The molecule has 3 aromatic heterocycles. The van der Waals surface area contributed by atoms with Gasteiger partial charge in [-0.15, -0.1) is 0 Å². The van der Waals surface area contributed by atoms with Crippen LogP contribution in [0.5, 0.6) is 0 Å². The molecule has 0 aliphatic rings. The zero-order valence-electron chi connectivity index (χ0n) is 15.0. The Morgan fingerprint density at radius 2 is 2.12 bits per heavy atom. The van der Waals surface area contributed by atoms with E-state index in [1.165, 1.54) is 0 Å². The number of pyridine rings is 2. The first-order valence-electron chi connectivity index (χ1n) is 8.72. The Hall–Kier alpha value is -2.80. The molecule has 0 atom stereocenters. The quantitative estimate of drug-likeness (QED) is 0.703. The molecule has 3 heterocycles. The lowest BCUT2D eigenvalue weighted by atomic mass is 10.2. The number of carbonyl (C=O) groups excluding carboxylic acids is 1. The summed E-state index contributed by atoms with van der Waals surface area (Å²) in [5.74, 6) is -0.0953. The number of carbonyl (C=O) groups is 1. The van der Waals surface area contributed by atoms with Crippen molar-refractivity contribution in [3.8, 4) is 0 Å². The first kappa shape index (κ1) is 18.0. The van der Waals surface area contributed by atoms with E-state index in [-0.39, 0.29) is 18.6 Å². The number of nitrogens with zero attached hydrogens (tertiary/aromatic N) is 5. The number of rotatable bonds is 7. The van der Waals surface area contributed by atoms with Crippen LogP contribution in [0.15, 0.2) is 43.0 Å². The molecule has 0 aliphatic heterocycles. The number of imidazole rings is 1. The largest absolute Gasteiger partial charge is 0.396 e. The first-order valence-corrected chi connectivity index (χ1v) is 8.72. The molecule has 3 aromatic rings. The van der Waals surface area contributed by atoms with Crippen molar-refractivity contribution < 1.29 is 9.90 Å². The third-order valence-corrected chi connectivity index (χ3v) is 4.20. The molecule has 1 amide bonds. The van der Waals surface area contributed by atoms with Gasteiger partial charge in [0, 0.05) is 31.6 Å². The molecule has 3 rings (SSSR count). The molecule has 0 saturated carbocycles. The summed E-state index contributed by atoms with van der Waals surface area (Å²) < 4.78 is 1.91. The van der Waals surface area contributed by atoms with E-state index in [9.17, 15) is 4.79 Å². The Morgan fingerprint density at radius 1 is 1.27 bits per heavy atom. The number of fused-ring (bicyclic) bond motifs is 1. The summed E-state index contributed by atoms with van der Waals surface area (Å²) in [5, 5.41) is 9.05. The van der Waals surface area contributed by atoms with Gasteiger partial charge in [-0.1, -0.05) is 6.07 Å². The van der Waals surface area contributed by atoms with Gasteiger partial charge in [0.1, 0.15) is 5.52 Å². The highest BCUT2D eigenvalue weighted by molar-refractivity contribution is 5.96. The fourth-order valence-corrected chi connectivity index (χ4v) is 2.85. The van der Waals surface area contributed by atoms with Gasteiger partial charge >= 0.3 is 0 Å². The predicted octanol–water partition coefficient (Wildman–Crippen LogP) is 2.11. The molecule has 0 radical (unpaired) electrons. The molecule has 0 aromatic carbocycles. The smallest absolute Gasteiger partial charge is 0.255 e. The van der Waals surface area contributed by atoms with Gasteiger partial charge < -0.3 is 14.6 Å².